The Kier molecular flexibility index (Phi) is 6.19. The Hall–Kier alpha value is -2.20. The standard InChI is InChI=1S/C16H17ClN4O3S2/c1-9-5-10(2)7-12(6-9)19-16(25)21-20-15(22)11-3-4-13(17)14(8-11)26(18,23)24/h3-8H,1-2H3,(H,20,22)(H2,18,23,24)(H2,19,21,25). The summed E-state index contributed by atoms with van der Waals surface area (Å²) in [6.07, 6.45) is 0. The van der Waals surface area contributed by atoms with Crippen molar-refractivity contribution in [2.45, 2.75) is 18.7 Å². The zero-order valence-corrected chi connectivity index (χ0v) is 16.3. The van der Waals surface area contributed by atoms with E-state index in [9.17, 15) is 13.2 Å². The minimum atomic E-state index is -4.04. The van der Waals surface area contributed by atoms with Gasteiger partial charge in [-0.2, -0.15) is 0 Å². The maximum atomic E-state index is 12.2. The Labute approximate surface area is 161 Å². The highest BCUT2D eigenvalue weighted by Crippen LogP contribution is 2.21. The molecule has 0 bridgehead atoms. The molecule has 0 saturated heterocycles. The number of primary sulfonamides is 1. The SMILES string of the molecule is Cc1cc(C)cc(NC(=S)NNC(=O)c2ccc(Cl)c(S(N)(=O)=O)c2)c1. The van der Waals surface area contributed by atoms with Crippen molar-refractivity contribution in [3.05, 3.63) is 58.1 Å². The first-order valence-electron chi connectivity index (χ1n) is 7.34. The second-order valence-corrected chi connectivity index (χ2v) is 7.95. The molecular formula is C16H17ClN4O3S2. The van der Waals surface area contributed by atoms with E-state index in [1.165, 1.54) is 12.1 Å². The number of amides is 1. The van der Waals surface area contributed by atoms with E-state index >= 15 is 0 Å². The summed E-state index contributed by atoms with van der Waals surface area (Å²) in [7, 11) is -4.04. The van der Waals surface area contributed by atoms with Crippen LogP contribution in [-0.2, 0) is 10.0 Å². The first-order chi connectivity index (χ1) is 12.1. The summed E-state index contributed by atoms with van der Waals surface area (Å²) in [5.41, 5.74) is 7.89. The molecule has 5 N–H and O–H groups in total. The zero-order valence-electron chi connectivity index (χ0n) is 14.0. The molecule has 0 heterocycles. The molecule has 0 unspecified atom stereocenters. The number of hydrogen-bond donors (Lipinski definition) is 4. The summed E-state index contributed by atoms with van der Waals surface area (Å²) in [4.78, 5) is 11.8. The van der Waals surface area contributed by atoms with Gasteiger partial charge in [0.05, 0.1) is 5.02 Å². The average molecular weight is 413 g/mol. The summed E-state index contributed by atoms with van der Waals surface area (Å²) < 4.78 is 22.9. The quantitative estimate of drug-likeness (QED) is 0.454. The number of halogens is 1. The lowest BCUT2D eigenvalue weighted by atomic mass is 10.1. The Bertz CT molecular complexity index is 957. The number of nitrogens with one attached hydrogen (secondary N) is 3. The second kappa shape index (κ2) is 8.00. The highest BCUT2D eigenvalue weighted by molar-refractivity contribution is 7.89. The van der Waals surface area contributed by atoms with Gasteiger partial charge in [0.2, 0.25) is 10.0 Å². The van der Waals surface area contributed by atoms with E-state index in [-0.39, 0.29) is 20.6 Å². The van der Waals surface area contributed by atoms with Crippen LogP contribution in [0.2, 0.25) is 5.02 Å². The van der Waals surface area contributed by atoms with Gasteiger partial charge in [0.1, 0.15) is 4.90 Å². The van der Waals surface area contributed by atoms with Crippen molar-refractivity contribution in [1.82, 2.24) is 10.9 Å². The van der Waals surface area contributed by atoms with Crippen LogP contribution in [0.3, 0.4) is 0 Å². The van der Waals surface area contributed by atoms with E-state index in [4.69, 9.17) is 29.0 Å². The lowest BCUT2D eigenvalue weighted by Gasteiger charge is -2.13. The number of carbonyl (C=O) groups excluding carboxylic acids is 1. The van der Waals surface area contributed by atoms with Crippen LogP contribution >= 0.6 is 23.8 Å². The van der Waals surface area contributed by atoms with E-state index in [2.05, 4.69) is 16.2 Å². The Morgan fingerprint density at radius 3 is 2.27 bits per heavy atom. The highest BCUT2D eigenvalue weighted by Gasteiger charge is 2.16. The number of sulfonamides is 1. The predicted molar refractivity (Wildman–Crippen MR) is 106 cm³/mol. The van der Waals surface area contributed by atoms with Crippen LogP contribution in [0.15, 0.2) is 41.3 Å². The fourth-order valence-corrected chi connectivity index (χ4v) is 3.50. The summed E-state index contributed by atoms with van der Waals surface area (Å²) in [5.74, 6) is -0.601. The van der Waals surface area contributed by atoms with Crippen molar-refractivity contribution >= 4 is 50.5 Å². The molecular weight excluding hydrogens is 396 g/mol. The molecule has 26 heavy (non-hydrogen) atoms. The fourth-order valence-electron chi connectivity index (χ4n) is 2.26. The Balaban J connectivity index is 2.03. The van der Waals surface area contributed by atoms with Crippen LogP contribution in [-0.4, -0.2) is 19.4 Å². The third kappa shape index (κ3) is 5.40. The number of benzene rings is 2. The summed E-state index contributed by atoms with van der Waals surface area (Å²) in [6, 6.07) is 9.57. The molecule has 10 heteroatoms. The van der Waals surface area contributed by atoms with Crippen molar-refractivity contribution in [2.24, 2.45) is 5.14 Å². The fraction of sp³-hybridized carbons (Fsp3) is 0.125. The predicted octanol–water partition coefficient (Wildman–Crippen LogP) is 2.24. The molecule has 0 aromatic heterocycles. The van der Waals surface area contributed by atoms with Crippen molar-refractivity contribution in [1.29, 1.82) is 0 Å². The highest BCUT2D eigenvalue weighted by atomic mass is 35.5. The molecule has 0 saturated carbocycles. The van der Waals surface area contributed by atoms with Gasteiger partial charge >= 0.3 is 0 Å². The third-order valence-electron chi connectivity index (χ3n) is 3.27. The van der Waals surface area contributed by atoms with Crippen LogP contribution in [0.5, 0.6) is 0 Å². The van der Waals surface area contributed by atoms with Gasteiger partial charge in [0, 0.05) is 11.3 Å². The number of anilines is 1. The van der Waals surface area contributed by atoms with E-state index in [0.717, 1.165) is 22.9 Å². The van der Waals surface area contributed by atoms with Crippen LogP contribution in [0.25, 0.3) is 0 Å². The van der Waals surface area contributed by atoms with E-state index < -0.39 is 15.9 Å². The van der Waals surface area contributed by atoms with E-state index in [1.54, 1.807) is 0 Å². The van der Waals surface area contributed by atoms with E-state index in [1.807, 2.05) is 32.0 Å². The van der Waals surface area contributed by atoms with Crippen LogP contribution in [0, 0.1) is 13.8 Å². The van der Waals surface area contributed by atoms with Gasteiger partial charge in [-0.05, 0) is 67.5 Å². The monoisotopic (exact) mass is 412 g/mol. The van der Waals surface area contributed by atoms with Gasteiger partial charge in [-0.1, -0.05) is 17.7 Å². The number of nitrogens with two attached hydrogens (primary N) is 1. The number of hydrogen-bond acceptors (Lipinski definition) is 4. The van der Waals surface area contributed by atoms with Crippen molar-refractivity contribution < 1.29 is 13.2 Å². The van der Waals surface area contributed by atoms with Crippen molar-refractivity contribution in [2.75, 3.05) is 5.32 Å². The minimum Gasteiger partial charge on any atom is -0.331 e. The van der Waals surface area contributed by atoms with Gasteiger partial charge < -0.3 is 5.32 Å². The van der Waals surface area contributed by atoms with Gasteiger partial charge in [-0.3, -0.25) is 15.6 Å². The molecule has 0 aliphatic heterocycles. The normalized spacial score (nSPS) is 10.9. The molecule has 2 aromatic rings. The average Bonchev–Trinajstić information content (AvgIpc) is 2.51. The first kappa shape index (κ1) is 20.1. The maximum Gasteiger partial charge on any atom is 0.269 e. The molecule has 2 aromatic carbocycles. The number of rotatable bonds is 3. The molecule has 0 atom stereocenters. The van der Waals surface area contributed by atoms with Crippen molar-refractivity contribution in [3.63, 3.8) is 0 Å². The molecule has 0 radical (unpaired) electrons. The number of carbonyl (C=O) groups is 1. The molecule has 138 valence electrons. The summed E-state index contributed by atoms with van der Waals surface area (Å²) in [5, 5.41) is 8.12. The van der Waals surface area contributed by atoms with Crippen LogP contribution in [0.1, 0.15) is 21.5 Å². The van der Waals surface area contributed by atoms with Gasteiger partial charge in [-0.15, -0.1) is 0 Å². The molecule has 0 aliphatic carbocycles. The Morgan fingerprint density at radius 1 is 1.08 bits per heavy atom. The first-order valence-corrected chi connectivity index (χ1v) is 9.67. The summed E-state index contributed by atoms with van der Waals surface area (Å²) >= 11 is 10.9. The van der Waals surface area contributed by atoms with E-state index in [0.29, 0.717) is 0 Å². The van der Waals surface area contributed by atoms with Gasteiger partial charge in [0.25, 0.3) is 5.91 Å². The molecule has 1 amide bonds. The van der Waals surface area contributed by atoms with Gasteiger partial charge in [0.15, 0.2) is 5.11 Å². The zero-order chi connectivity index (χ0) is 19.5. The summed E-state index contributed by atoms with van der Waals surface area (Å²) in [6.45, 7) is 3.92. The largest absolute Gasteiger partial charge is 0.331 e. The lowest BCUT2D eigenvalue weighted by Crippen LogP contribution is -2.43. The molecule has 0 fully saturated rings. The topological polar surface area (TPSA) is 113 Å². The minimum absolute atomic E-state index is 0.0557. The molecule has 0 aliphatic rings. The van der Waals surface area contributed by atoms with Crippen molar-refractivity contribution in [3.8, 4) is 0 Å². The number of aryl methyl sites for hydroxylation is 2. The maximum absolute atomic E-state index is 12.2. The third-order valence-corrected chi connectivity index (χ3v) is 4.87. The Morgan fingerprint density at radius 2 is 1.69 bits per heavy atom. The molecule has 7 nitrogen and oxygen atoms in total. The molecule has 0 spiro atoms. The smallest absolute Gasteiger partial charge is 0.269 e. The second-order valence-electron chi connectivity index (χ2n) is 5.60. The number of hydrazine groups is 1. The lowest BCUT2D eigenvalue weighted by molar-refractivity contribution is 0.0944. The van der Waals surface area contributed by atoms with Crippen LogP contribution in [0.4, 0.5) is 5.69 Å². The van der Waals surface area contributed by atoms with Crippen LogP contribution < -0.4 is 21.3 Å². The van der Waals surface area contributed by atoms with Gasteiger partial charge in [-0.25, -0.2) is 13.6 Å². The molecule has 2 rings (SSSR count). The number of thiocarbonyl (C=S) groups is 1.